The topological polar surface area (TPSA) is 107 Å². The van der Waals surface area contributed by atoms with E-state index < -0.39 is 10.9 Å². The number of nitrogens with zero attached hydrogens (tertiary/aromatic N) is 3. The smallest absolute Gasteiger partial charge is 0.337 e. The van der Waals surface area contributed by atoms with Gasteiger partial charge < -0.3 is 10.1 Å². The lowest BCUT2D eigenvalue weighted by Gasteiger charge is -2.05. The van der Waals surface area contributed by atoms with Crippen molar-refractivity contribution in [2.75, 3.05) is 12.4 Å². The second kappa shape index (κ2) is 5.61. The zero-order chi connectivity index (χ0) is 14.7. The van der Waals surface area contributed by atoms with Crippen LogP contribution in [0.1, 0.15) is 16.2 Å². The minimum Gasteiger partial charge on any atom is -0.465 e. The summed E-state index contributed by atoms with van der Waals surface area (Å²) in [6.07, 6.45) is 0. The van der Waals surface area contributed by atoms with Crippen LogP contribution in [0.25, 0.3) is 0 Å². The van der Waals surface area contributed by atoms with Crippen LogP contribution in [0.3, 0.4) is 0 Å². The number of nitrogens with one attached hydrogen (secondary N) is 1. The third-order valence-corrected chi connectivity index (χ3v) is 3.11. The van der Waals surface area contributed by atoms with Crippen LogP contribution in [0, 0.1) is 17.0 Å². The summed E-state index contributed by atoms with van der Waals surface area (Å²) < 4.78 is 8.55. The van der Waals surface area contributed by atoms with E-state index in [9.17, 15) is 14.9 Å². The Hall–Kier alpha value is -2.55. The number of methoxy groups -OCH3 is 1. The van der Waals surface area contributed by atoms with Gasteiger partial charge in [-0.15, -0.1) is 0 Å². The lowest BCUT2D eigenvalue weighted by atomic mass is 10.1. The van der Waals surface area contributed by atoms with E-state index in [-0.39, 0.29) is 16.9 Å². The number of rotatable bonds is 4. The standard InChI is InChI=1S/C11H10N4O4S/c1-6-12-11(20-14-6)13-8-5-7(10(16)19-2)3-4-9(8)15(17)18/h3-5H,1-2H3,(H,12,13,14). The van der Waals surface area contributed by atoms with Gasteiger partial charge in [-0.2, -0.15) is 4.37 Å². The summed E-state index contributed by atoms with van der Waals surface area (Å²) in [6, 6.07) is 3.92. The molecule has 1 aromatic heterocycles. The highest BCUT2D eigenvalue weighted by Gasteiger charge is 2.18. The van der Waals surface area contributed by atoms with Gasteiger partial charge in [-0.25, -0.2) is 9.78 Å². The Balaban J connectivity index is 2.41. The summed E-state index contributed by atoms with van der Waals surface area (Å²) in [6.45, 7) is 1.71. The van der Waals surface area contributed by atoms with Crippen LogP contribution >= 0.6 is 11.5 Å². The summed E-state index contributed by atoms with van der Waals surface area (Å²) in [7, 11) is 1.24. The van der Waals surface area contributed by atoms with Gasteiger partial charge in [0.1, 0.15) is 11.5 Å². The molecule has 0 saturated carbocycles. The molecule has 1 heterocycles. The van der Waals surface area contributed by atoms with Gasteiger partial charge in [-0.1, -0.05) is 0 Å². The molecule has 0 radical (unpaired) electrons. The number of aryl methyl sites for hydroxylation is 1. The summed E-state index contributed by atoms with van der Waals surface area (Å²) in [5.41, 5.74) is 0.210. The number of nitro groups is 1. The summed E-state index contributed by atoms with van der Waals surface area (Å²) in [5, 5.41) is 14.2. The van der Waals surface area contributed by atoms with E-state index in [1.165, 1.54) is 25.3 Å². The third-order valence-electron chi connectivity index (χ3n) is 2.38. The molecule has 9 heteroatoms. The normalized spacial score (nSPS) is 10.1. The van der Waals surface area contributed by atoms with Crippen molar-refractivity contribution in [1.82, 2.24) is 9.36 Å². The predicted molar refractivity (Wildman–Crippen MR) is 72.4 cm³/mol. The zero-order valence-corrected chi connectivity index (χ0v) is 11.4. The first kappa shape index (κ1) is 13.9. The fraction of sp³-hybridized carbons (Fsp3) is 0.182. The lowest BCUT2D eigenvalue weighted by molar-refractivity contribution is -0.383. The number of carbonyl (C=O) groups is 1. The minimum atomic E-state index is -0.573. The minimum absolute atomic E-state index is 0.161. The van der Waals surface area contributed by atoms with Crippen molar-refractivity contribution in [3.8, 4) is 0 Å². The Kier molecular flexibility index (Phi) is 3.89. The summed E-state index contributed by atoms with van der Waals surface area (Å²) in [4.78, 5) is 26.0. The quantitative estimate of drug-likeness (QED) is 0.523. The molecule has 0 amide bonds. The highest BCUT2D eigenvalue weighted by Crippen LogP contribution is 2.29. The van der Waals surface area contributed by atoms with Crippen molar-refractivity contribution in [2.24, 2.45) is 0 Å². The molecular weight excluding hydrogens is 284 g/mol. The molecule has 0 saturated heterocycles. The molecule has 20 heavy (non-hydrogen) atoms. The van der Waals surface area contributed by atoms with E-state index in [1.807, 2.05) is 0 Å². The molecule has 0 unspecified atom stereocenters. The van der Waals surface area contributed by atoms with Gasteiger partial charge in [0.25, 0.3) is 5.69 Å². The van der Waals surface area contributed by atoms with Crippen LogP contribution < -0.4 is 5.32 Å². The highest BCUT2D eigenvalue weighted by atomic mass is 32.1. The van der Waals surface area contributed by atoms with Crippen LogP contribution in [0.15, 0.2) is 18.2 Å². The van der Waals surface area contributed by atoms with Crippen molar-refractivity contribution in [1.29, 1.82) is 0 Å². The van der Waals surface area contributed by atoms with Crippen molar-refractivity contribution < 1.29 is 14.5 Å². The average molecular weight is 294 g/mol. The number of esters is 1. The van der Waals surface area contributed by atoms with E-state index in [4.69, 9.17) is 0 Å². The molecule has 0 aliphatic carbocycles. The number of hydrogen-bond acceptors (Lipinski definition) is 8. The number of aromatic nitrogens is 2. The second-order valence-electron chi connectivity index (χ2n) is 3.75. The molecular formula is C11H10N4O4S. The van der Waals surface area contributed by atoms with Gasteiger partial charge in [0, 0.05) is 17.6 Å². The number of carbonyl (C=O) groups excluding carboxylic acids is 1. The van der Waals surface area contributed by atoms with Crippen LogP contribution in [0.2, 0.25) is 0 Å². The van der Waals surface area contributed by atoms with E-state index in [0.29, 0.717) is 11.0 Å². The highest BCUT2D eigenvalue weighted by molar-refractivity contribution is 7.09. The number of nitro benzene ring substituents is 1. The molecule has 0 spiro atoms. The molecule has 8 nitrogen and oxygen atoms in total. The van der Waals surface area contributed by atoms with Crippen molar-refractivity contribution >= 4 is 34.0 Å². The maximum absolute atomic E-state index is 11.5. The molecule has 1 N–H and O–H groups in total. The van der Waals surface area contributed by atoms with E-state index in [1.54, 1.807) is 6.92 Å². The first-order valence-electron chi connectivity index (χ1n) is 5.45. The van der Waals surface area contributed by atoms with Crippen molar-refractivity contribution in [2.45, 2.75) is 6.92 Å². The number of ether oxygens (including phenoxy) is 1. The molecule has 0 aliphatic rings. The summed E-state index contributed by atoms with van der Waals surface area (Å²) >= 11 is 1.07. The zero-order valence-electron chi connectivity index (χ0n) is 10.6. The van der Waals surface area contributed by atoms with Crippen LogP contribution in [-0.2, 0) is 4.74 Å². The number of anilines is 2. The van der Waals surface area contributed by atoms with Crippen molar-refractivity contribution in [3.63, 3.8) is 0 Å². The molecule has 1 aromatic carbocycles. The third kappa shape index (κ3) is 2.88. The molecule has 0 aliphatic heterocycles. The molecule has 104 valence electrons. The Bertz CT molecular complexity index is 670. The van der Waals surface area contributed by atoms with Crippen molar-refractivity contribution in [3.05, 3.63) is 39.7 Å². The van der Waals surface area contributed by atoms with E-state index in [2.05, 4.69) is 19.4 Å². The maximum Gasteiger partial charge on any atom is 0.337 e. The monoisotopic (exact) mass is 294 g/mol. The Labute approximate surface area is 117 Å². The maximum atomic E-state index is 11.5. The van der Waals surface area contributed by atoms with Gasteiger partial charge in [-0.3, -0.25) is 10.1 Å². The van der Waals surface area contributed by atoms with Gasteiger partial charge >= 0.3 is 5.97 Å². The van der Waals surface area contributed by atoms with Gasteiger partial charge in [0.2, 0.25) is 5.13 Å². The van der Waals surface area contributed by atoms with E-state index in [0.717, 1.165) is 11.5 Å². The Morgan fingerprint density at radius 2 is 2.25 bits per heavy atom. The van der Waals surface area contributed by atoms with E-state index >= 15 is 0 Å². The molecule has 0 bridgehead atoms. The van der Waals surface area contributed by atoms with Crippen LogP contribution in [0.5, 0.6) is 0 Å². The summed E-state index contributed by atoms with van der Waals surface area (Å²) in [5.74, 6) is -0.0133. The van der Waals surface area contributed by atoms with Crippen LogP contribution in [0.4, 0.5) is 16.5 Å². The first-order chi connectivity index (χ1) is 9.51. The molecule has 0 fully saturated rings. The lowest BCUT2D eigenvalue weighted by Crippen LogP contribution is -2.04. The first-order valence-corrected chi connectivity index (χ1v) is 6.22. The SMILES string of the molecule is COC(=O)c1ccc([N+](=O)[O-])c(Nc2nc(C)ns2)c1. The number of hydrogen-bond donors (Lipinski definition) is 1. The predicted octanol–water partition coefficient (Wildman–Crippen LogP) is 2.28. The largest absolute Gasteiger partial charge is 0.465 e. The van der Waals surface area contributed by atoms with Gasteiger partial charge in [0.15, 0.2) is 0 Å². The molecule has 2 aromatic rings. The van der Waals surface area contributed by atoms with Gasteiger partial charge in [0.05, 0.1) is 17.6 Å². The van der Waals surface area contributed by atoms with Crippen LogP contribution in [-0.4, -0.2) is 27.4 Å². The Morgan fingerprint density at radius 3 is 2.80 bits per heavy atom. The second-order valence-corrected chi connectivity index (χ2v) is 4.50. The number of benzene rings is 1. The average Bonchev–Trinajstić information content (AvgIpc) is 2.82. The fourth-order valence-electron chi connectivity index (χ4n) is 1.50. The Morgan fingerprint density at radius 1 is 1.50 bits per heavy atom. The molecule has 0 atom stereocenters. The molecule has 2 rings (SSSR count). The fourth-order valence-corrected chi connectivity index (χ4v) is 2.09. The van der Waals surface area contributed by atoms with Gasteiger partial charge in [-0.05, 0) is 19.1 Å².